The fourth-order valence-corrected chi connectivity index (χ4v) is 3.59. The lowest BCUT2D eigenvalue weighted by Gasteiger charge is -2.34. The number of amides is 1. The Morgan fingerprint density at radius 1 is 1.14 bits per heavy atom. The van der Waals surface area contributed by atoms with Gasteiger partial charge in [-0.05, 0) is 30.3 Å². The zero-order chi connectivity index (χ0) is 19.7. The van der Waals surface area contributed by atoms with Crippen LogP contribution in [0.15, 0.2) is 48.7 Å². The van der Waals surface area contributed by atoms with E-state index in [2.05, 4.69) is 10.00 Å². The lowest BCUT2D eigenvalue weighted by molar-refractivity contribution is -0.385. The van der Waals surface area contributed by atoms with E-state index in [1.54, 1.807) is 4.90 Å². The van der Waals surface area contributed by atoms with Gasteiger partial charge in [-0.15, -0.1) is 0 Å². The van der Waals surface area contributed by atoms with E-state index in [1.807, 2.05) is 35.0 Å². The number of hydrogen-bond acceptors (Lipinski definition) is 5. The summed E-state index contributed by atoms with van der Waals surface area (Å²) in [6.07, 6.45) is 1.91. The van der Waals surface area contributed by atoms with Gasteiger partial charge in [0.15, 0.2) is 0 Å². The van der Waals surface area contributed by atoms with Crippen molar-refractivity contribution in [2.45, 2.75) is 6.54 Å². The number of nitrogens with zero attached hydrogens (tertiary/aromatic N) is 5. The van der Waals surface area contributed by atoms with Crippen LogP contribution in [-0.2, 0) is 6.54 Å². The Bertz CT molecular complexity index is 1010. The van der Waals surface area contributed by atoms with Crippen LogP contribution >= 0.6 is 11.6 Å². The Morgan fingerprint density at radius 2 is 1.93 bits per heavy atom. The maximum atomic E-state index is 12.8. The zero-order valence-electron chi connectivity index (χ0n) is 15.0. The smallest absolute Gasteiger partial charge is 0.282 e. The summed E-state index contributed by atoms with van der Waals surface area (Å²) < 4.78 is 1.84. The molecule has 0 N–H and O–H groups in total. The predicted octanol–water partition coefficient (Wildman–Crippen LogP) is 2.85. The quantitative estimate of drug-likeness (QED) is 0.497. The monoisotopic (exact) mass is 399 g/mol. The van der Waals surface area contributed by atoms with Crippen LogP contribution in [0.2, 0.25) is 5.02 Å². The average molecular weight is 400 g/mol. The Labute approximate surface area is 166 Å². The first-order valence-corrected chi connectivity index (χ1v) is 9.28. The molecule has 0 aliphatic carbocycles. The predicted molar refractivity (Wildman–Crippen MR) is 104 cm³/mol. The summed E-state index contributed by atoms with van der Waals surface area (Å²) in [5, 5.41) is 16.1. The first-order valence-electron chi connectivity index (χ1n) is 8.90. The number of benzene rings is 1. The summed E-state index contributed by atoms with van der Waals surface area (Å²) in [4.78, 5) is 27.3. The van der Waals surface area contributed by atoms with Crippen LogP contribution in [0.4, 0.5) is 5.69 Å². The number of pyridine rings is 1. The van der Waals surface area contributed by atoms with Gasteiger partial charge in [-0.2, -0.15) is 5.10 Å². The molecule has 3 aromatic rings. The summed E-state index contributed by atoms with van der Waals surface area (Å²) in [6.45, 7) is 3.04. The van der Waals surface area contributed by atoms with Crippen LogP contribution in [0.5, 0.6) is 0 Å². The van der Waals surface area contributed by atoms with E-state index in [0.29, 0.717) is 37.7 Å². The lowest BCUT2D eigenvalue weighted by atomic mass is 10.1. The molecule has 0 spiro atoms. The molecule has 0 unspecified atom stereocenters. The second-order valence-electron chi connectivity index (χ2n) is 6.69. The molecule has 1 aromatic carbocycles. The van der Waals surface area contributed by atoms with Crippen LogP contribution in [0, 0.1) is 10.1 Å². The van der Waals surface area contributed by atoms with Crippen LogP contribution in [0.25, 0.3) is 5.52 Å². The molecule has 3 heterocycles. The standard InChI is InChI=1S/C19H18ClN5O3/c20-14-4-5-18(25(27)28)17(11-14)19(26)23-9-7-22(8-10-23)13-15-12-16-3-1-2-6-24(16)21-15/h1-6,11-12H,7-10,13H2. The highest BCUT2D eigenvalue weighted by atomic mass is 35.5. The van der Waals surface area contributed by atoms with Gasteiger partial charge < -0.3 is 4.90 Å². The van der Waals surface area contributed by atoms with Crippen molar-refractivity contribution in [3.8, 4) is 0 Å². The molecular weight excluding hydrogens is 382 g/mol. The number of carbonyl (C=O) groups is 1. The van der Waals surface area contributed by atoms with E-state index in [0.717, 1.165) is 11.2 Å². The van der Waals surface area contributed by atoms with Crippen molar-refractivity contribution in [3.63, 3.8) is 0 Å². The second kappa shape index (κ2) is 7.57. The van der Waals surface area contributed by atoms with Crippen molar-refractivity contribution >= 4 is 28.7 Å². The SMILES string of the molecule is O=C(c1cc(Cl)ccc1[N+](=O)[O-])N1CCN(Cc2cc3ccccn3n2)CC1. The van der Waals surface area contributed by atoms with Crippen LogP contribution in [0.3, 0.4) is 0 Å². The first-order chi connectivity index (χ1) is 13.5. The molecule has 9 heteroatoms. The molecule has 0 bridgehead atoms. The molecule has 1 aliphatic heterocycles. The Balaban J connectivity index is 1.42. The third-order valence-corrected chi connectivity index (χ3v) is 5.09. The highest BCUT2D eigenvalue weighted by Gasteiger charge is 2.28. The molecule has 1 saturated heterocycles. The van der Waals surface area contributed by atoms with E-state index in [9.17, 15) is 14.9 Å². The normalized spacial score (nSPS) is 15.1. The minimum atomic E-state index is -0.552. The average Bonchev–Trinajstić information content (AvgIpc) is 3.10. The van der Waals surface area contributed by atoms with Crippen molar-refractivity contribution in [2.75, 3.05) is 26.2 Å². The number of fused-ring (bicyclic) bond motifs is 1. The van der Waals surface area contributed by atoms with Gasteiger partial charge in [0.05, 0.1) is 16.1 Å². The molecule has 1 amide bonds. The Morgan fingerprint density at radius 3 is 2.64 bits per heavy atom. The third-order valence-electron chi connectivity index (χ3n) is 4.85. The van der Waals surface area contributed by atoms with Crippen molar-refractivity contribution < 1.29 is 9.72 Å². The number of nitro benzene ring substituents is 1. The number of hydrogen-bond donors (Lipinski definition) is 0. The molecule has 1 fully saturated rings. The summed E-state index contributed by atoms with van der Waals surface area (Å²) in [5.74, 6) is -0.360. The van der Waals surface area contributed by atoms with Crippen LogP contribution in [0.1, 0.15) is 16.1 Å². The fourth-order valence-electron chi connectivity index (χ4n) is 3.42. The molecule has 0 saturated carbocycles. The topological polar surface area (TPSA) is 84.0 Å². The second-order valence-corrected chi connectivity index (χ2v) is 7.13. The number of halogens is 1. The van der Waals surface area contributed by atoms with E-state index in [4.69, 9.17) is 11.6 Å². The van der Waals surface area contributed by atoms with Gasteiger partial charge in [0.1, 0.15) is 5.56 Å². The minimum Gasteiger partial charge on any atom is -0.336 e. The van der Waals surface area contributed by atoms with Crippen molar-refractivity contribution in [1.29, 1.82) is 0 Å². The molecule has 4 rings (SSSR count). The van der Waals surface area contributed by atoms with Gasteiger partial charge in [0.2, 0.25) is 0 Å². The van der Waals surface area contributed by atoms with Gasteiger partial charge >= 0.3 is 0 Å². The minimum absolute atomic E-state index is 0.0336. The summed E-state index contributed by atoms with van der Waals surface area (Å²) in [7, 11) is 0. The van der Waals surface area contributed by atoms with Gasteiger partial charge in [0, 0.05) is 50.0 Å². The van der Waals surface area contributed by atoms with Crippen molar-refractivity contribution in [1.82, 2.24) is 19.4 Å². The van der Waals surface area contributed by atoms with E-state index >= 15 is 0 Å². The number of aromatic nitrogens is 2. The van der Waals surface area contributed by atoms with Crippen LogP contribution in [-0.4, -0.2) is 56.4 Å². The maximum absolute atomic E-state index is 12.8. The number of rotatable bonds is 4. The number of piperazine rings is 1. The van der Waals surface area contributed by atoms with Gasteiger partial charge in [-0.25, -0.2) is 4.52 Å². The summed E-state index contributed by atoms with van der Waals surface area (Å²) >= 11 is 5.94. The molecule has 28 heavy (non-hydrogen) atoms. The Kier molecular flexibility index (Phi) is 4.97. The molecular formula is C19H18ClN5O3. The molecule has 1 aliphatic rings. The number of nitro groups is 1. The highest BCUT2D eigenvalue weighted by molar-refractivity contribution is 6.31. The first kappa shape index (κ1) is 18.4. The highest BCUT2D eigenvalue weighted by Crippen LogP contribution is 2.24. The van der Waals surface area contributed by atoms with Crippen molar-refractivity contribution in [2.24, 2.45) is 0 Å². The summed E-state index contributed by atoms with van der Waals surface area (Å²) in [6, 6.07) is 12.0. The summed E-state index contributed by atoms with van der Waals surface area (Å²) in [5.41, 5.74) is 1.82. The van der Waals surface area contributed by atoms with Gasteiger partial charge in [-0.3, -0.25) is 19.8 Å². The Hall–Kier alpha value is -2.97. The van der Waals surface area contributed by atoms with E-state index in [-0.39, 0.29) is 17.2 Å². The molecule has 2 aromatic heterocycles. The molecule has 8 nitrogen and oxygen atoms in total. The van der Waals surface area contributed by atoms with E-state index in [1.165, 1.54) is 18.2 Å². The van der Waals surface area contributed by atoms with E-state index < -0.39 is 4.92 Å². The largest absolute Gasteiger partial charge is 0.336 e. The lowest BCUT2D eigenvalue weighted by Crippen LogP contribution is -2.48. The third kappa shape index (κ3) is 3.69. The van der Waals surface area contributed by atoms with Crippen LogP contribution < -0.4 is 0 Å². The maximum Gasteiger partial charge on any atom is 0.282 e. The fraction of sp³-hybridized carbons (Fsp3) is 0.263. The number of carbonyl (C=O) groups excluding carboxylic acids is 1. The molecule has 0 atom stereocenters. The van der Waals surface area contributed by atoms with Crippen molar-refractivity contribution in [3.05, 3.63) is 75.1 Å². The molecule has 0 radical (unpaired) electrons. The van der Waals surface area contributed by atoms with Gasteiger partial charge in [-0.1, -0.05) is 17.7 Å². The molecule has 144 valence electrons. The zero-order valence-corrected chi connectivity index (χ0v) is 15.7. The van der Waals surface area contributed by atoms with Gasteiger partial charge in [0.25, 0.3) is 11.6 Å².